The number of amides is 3. The molecular weight excluding hydrogens is 336 g/mol. The quantitative estimate of drug-likeness (QED) is 0.642. The van der Waals surface area contributed by atoms with Crippen LogP contribution in [0.1, 0.15) is 38.6 Å². The molecule has 1 aliphatic heterocycles. The molecule has 134 valence electrons. The maximum atomic E-state index is 12.3. The molecule has 2 heterocycles. The fourth-order valence-corrected chi connectivity index (χ4v) is 2.85. The molecule has 1 aromatic carbocycles. The molecule has 8 heteroatoms. The lowest BCUT2D eigenvalue weighted by Crippen LogP contribution is -2.42. The number of aryl methyl sites for hydroxylation is 2. The summed E-state index contributed by atoms with van der Waals surface area (Å²) < 4.78 is 4.95. The number of hydrazine groups is 1. The summed E-state index contributed by atoms with van der Waals surface area (Å²) in [7, 11) is 0. The number of benzene rings is 1. The zero-order valence-corrected chi connectivity index (χ0v) is 14.2. The van der Waals surface area contributed by atoms with E-state index in [1.165, 1.54) is 6.08 Å². The first-order chi connectivity index (χ1) is 12.5. The Kier molecular flexibility index (Phi) is 4.83. The van der Waals surface area contributed by atoms with E-state index in [1.807, 2.05) is 0 Å². The first-order valence-electron chi connectivity index (χ1n) is 8.09. The zero-order valence-electron chi connectivity index (χ0n) is 14.2. The van der Waals surface area contributed by atoms with Gasteiger partial charge in [-0.25, -0.2) is 4.98 Å². The molecule has 1 aromatic heterocycles. The van der Waals surface area contributed by atoms with Crippen molar-refractivity contribution in [1.29, 1.82) is 0 Å². The summed E-state index contributed by atoms with van der Waals surface area (Å²) in [5, 5.41) is 0. The molecule has 26 heavy (non-hydrogen) atoms. The average molecular weight is 354 g/mol. The van der Waals surface area contributed by atoms with Gasteiger partial charge in [0, 0.05) is 17.8 Å². The summed E-state index contributed by atoms with van der Waals surface area (Å²) in [5.74, 6) is -0.837. The maximum absolute atomic E-state index is 12.3. The summed E-state index contributed by atoms with van der Waals surface area (Å²) in [6.45, 7) is 5.74. The molecule has 0 fully saturated rings. The fraction of sp³-hybridized carbons (Fsp3) is 0.222. The molecule has 0 saturated heterocycles. The van der Waals surface area contributed by atoms with E-state index < -0.39 is 11.8 Å². The molecule has 2 aromatic rings. The van der Waals surface area contributed by atoms with Crippen LogP contribution >= 0.6 is 0 Å². The summed E-state index contributed by atoms with van der Waals surface area (Å²) in [5.41, 5.74) is 6.82. The van der Waals surface area contributed by atoms with Crippen LogP contribution in [0.25, 0.3) is 0 Å². The Bertz CT molecular complexity index is 887. The van der Waals surface area contributed by atoms with Crippen molar-refractivity contribution in [3.63, 3.8) is 0 Å². The van der Waals surface area contributed by atoms with Crippen LogP contribution in [0, 0.1) is 6.92 Å². The van der Waals surface area contributed by atoms with Crippen LogP contribution in [0.3, 0.4) is 0 Å². The lowest BCUT2D eigenvalue weighted by atomic mass is 9.99. The average Bonchev–Trinajstić information content (AvgIpc) is 3.10. The molecule has 0 bridgehead atoms. The second kappa shape index (κ2) is 7.22. The van der Waals surface area contributed by atoms with E-state index in [4.69, 9.17) is 4.42 Å². The van der Waals surface area contributed by atoms with Crippen LogP contribution in [0.5, 0.6) is 0 Å². The number of hydrogen-bond acceptors (Lipinski definition) is 5. The van der Waals surface area contributed by atoms with Crippen LogP contribution in [-0.2, 0) is 11.2 Å². The molecule has 0 aliphatic carbocycles. The summed E-state index contributed by atoms with van der Waals surface area (Å²) in [6, 6.07) is 5.06. The Morgan fingerprint density at radius 1 is 1.27 bits per heavy atom. The summed E-state index contributed by atoms with van der Waals surface area (Å²) in [4.78, 5) is 41.6. The first-order valence-corrected chi connectivity index (χ1v) is 8.09. The molecule has 3 amide bonds. The van der Waals surface area contributed by atoms with Crippen LogP contribution < -0.4 is 15.8 Å². The van der Waals surface area contributed by atoms with E-state index in [1.54, 1.807) is 30.0 Å². The number of carbonyl (C=O) groups excluding carboxylic acids is 3. The molecule has 2 N–H and O–H groups in total. The third kappa shape index (κ3) is 3.34. The Morgan fingerprint density at radius 2 is 2.04 bits per heavy atom. The fourth-order valence-electron chi connectivity index (χ4n) is 2.85. The third-order valence-corrected chi connectivity index (χ3v) is 4.15. The van der Waals surface area contributed by atoms with Gasteiger partial charge in [0.25, 0.3) is 11.8 Å². The molecule has 3 rings (SSSR count). The van der Waals surface area contributed by atoms with Gasteiger partial charge in [-0.3, -0.25) is 25.2 Å². The normalized spacial score (nSPS) is 12.9. The first kappa shape index (κ1) is 17.4. The topological polar surface area (TPSA) is 105 Å². The van der Waals surface area contributed by atoms with Gasteiger partial charge in [0.05, 0.1) is 0 Å². The van der Waals surface area contributed by atoms with Crippen molar-refractivity contribution in [3.8, 4) is 0 Å². The highest BCUT2D eigenvalue weighted by Gasteiger charge is 2.22. The smallest absolute Gasteiger partial charge is 0.291 e. The van der Waals surface area contributed by atoms with Crippen molar-refractivity contribution in [2.75, 3.05) is 11.4 Å². The maximum Gasteiger partial charge on any atom is 0.291 e. The molecular formula is C18H18N4O4. The van der Waals surface area contributed by atoms with Gasteiger partial charge in [0.15, 0.2) is 12.1 Å². The second-order valence-corrected chi connectivity index (χ2v) is 5.81. The Labute approximate surface area is 149 Å². The number of aromatic nitrogens is 1. The van der Waals surface area contributed by atoms with Crippen molar-refractivity contribution in [2.24, 2.45) is 0 Å². The van der Waals surface area contributed by atoms with E-state index in [9.17, 15) is 14.4 Å². The van der Waals surface area contributed by atoms with Crippen molar-refractivity contribution in [1.82, 2.24) is 15.8 Å². The monoisotopic (exact) mass is 354 g/mol. The number of anilines is 1. The highest BCUT2D eigenvalue weighted by molar-refractivity contribution is 6.03. The number of hydrogen-bond donors (Lipinski definition) is 2. The molecule has 0 atom stereocenters. The van der Waals surface area contributed by atoms with E-state index >= 15 is 0 Å². The van der Waals surface area contributed by atoms with Crippen LogP contribution in [-0.4, -0.2) is 29.3 Å². The van der Waals surface area contributed by atoms with Gasteiger partial charge in [-0.15, -0.1) is 0 Å². The van der Waals surface area contributed by atoms with Gasteiger partial charge in [-0.2, -0.15) is 0 Å². The number of fused-ring (bicyclic) bond motifs is 1. The molecule has 8 nitrogen and oxygen atoms in total. The van der Waals surface area contributed by atoms with Crippen molar-refractivity contribution in [3.05, 3.63) is 59.8 Å². The van der Waals surface area contributed by atoms with Gasteiger partial charge >= 0.3 is 0 Å². The van der Waals surface area contributed by atoms with Gasteiger partial charge in [-0.05, 0) is 49.6 Å². The minimum atomic E-state index is -0.565. The minimum absolute atomic E-state index is 0.106. The van der Waals surface area contributed by atoms with Crippen molar-refractivity contribution < 1.29 is 18.8 Å². The lowest BCUT2D eigenvalue weighted by molar-refractivity contribution is -0.114. The highest BCUT2D eigenvalue weighted by Crippen LogP contribution is 2.28. The molecule has 0 saturated carbocycles. The number of nitrogens with zero attached hydrogens (tertiary/aromatic N) is 2. The van der Waals surface area contributed by atoms with Gasteiger partial charge in [0.2, 0.25) is 5.91 Å². The Morgan fingerprint density at radius 3 is 2.73 bits per heavy atom. The van der Waals surface area contributed by atoms with E-state index in [0.29, 0.717) is 17.9 Å². The molecule has 1 aliphatic rings. The predicted molar refractivity (Wildman–Crippen MR) is 93.5 cm³/mol. The van der Waals surface area contributed by atoms with E-state index in [-0.39, 0.29) is 11.6 Å². The van der Waals surface area contributed by atoms with Gasteiger partial charge in [-0.1, -0.05) is 6.58 Å². The molecule has 0 radical (unpaired) electrons. The number of nitrogens with one attached hydrogen (secondary N) is 2. The second-order valence-electron chi connectivity index (χ2n) is 5.81. The third-order valence-electron chi connectivity index (χ3n) is 4.15. The Hall–Kier alpha value is -3.42. The zero-order chi connectivity index (χ0) is 18.7. The molecule has 0 unspecified atom stereocenters. The SMILES string of the molecule is C=CC(=O)N1CCCc2cc(C(=O)NNC(=O)c3ncoc3C)ccc21. The van der Waals surface area contributed by atoms with E-state index in [0.717, 1.165) is 30.5 Å². The van der Waals surface area contributed by atoms with Gasteiger partial charge < -0.3 is 9.32 Å². The van der Waals surface area contributed by atoms with Crippen LogP contribution in [0.15, 0.2) is 41.7 Å². The minimum Gasteiger partial charge on any atom is -0.448 e. The van der Waals surface area contributed by atoms with Crippen LogP contribution in [0.4, 0.5) is 5.69 Å². The lowest BCUT2D eigenvalue weighted by Gasteiger charge is -2.28. The number of carbonyl (C=O) groups is 3. The predicted octanol–water partition coefficient (Wildman–Crippen LogP) is 1.52. The Balaban J connectivity index is 1.71. The number of oxazole rings is 1. The largest absolute Gasteiger partial charge is 0.448 e. The standard InChI is InChI=1S/C18H18N4O4/c1-3-15(23)22-8-4-5-12-9-13(6-7-14(12)22)17(24)20-21-18(25)16-11(2)26-10-19-16/h3,6-7,9-10H,1,4-5,8H2,2H3,(H,20,24)(H,21,25). The van der Waals surface area contributed by atoms with E-state index in [2.05, 4.69) is 22.4 Å². The number of rotatable bonds is 3. The van der Waals surface area contributed by atoms with Crippen molar-refractivity contribution in [2.45, 2.75) is 19.8 Å². The highest BCUT2D eigenvalue weighted by atomic mass is 16.3. The van der Waals surface area contributed by atoms with Crippen LogP contribution in [0.2, 0.25) is 0 Å². The summed E-state index contributed by atoms with van der Waals surface area (Å²) in [6.07, 6.45) is 4.00. The summed E-state index contributed by atoms with van der Waals surface area (Å²) >= 11 is 0. The van der Waals surface area contributed by atoms with Crippen molar-refractivity contribution >= 4 is 23.4 Å². The van der Waals surface area contributed by atoms with Gasteiger partial charge in [0.1, 0.15) is 5.76 Å². The molecule has 0 spiro atoms.